The maximum atomic E-state index is 14.2. The Kier molecular flexibility index (Phi) is 9.95. The molecule has 218 valence electrons. The first kappa shape index (κ1) is 29.7. The Hall–Kier alpha value is -3.27. The van der Waals surface area contributed by atoms with Crippen molar-refractivity contribution in [2.24, 2.45) is 13.0 Å². The fourth-order valence-corrected chi connectivity index (χ4v) is 6.23. The number of nitrogens with zero attached hydrogens (tertiary/aromatic N) is 4. The van der Waals surface area contributed by atoms with E-state index in [1.54, 1.807) is 41.2 Å². The van der Waals surface area contributed by atoms with E-state index in [0.29, 0.717) is 31.7 Å². The summed E-state index contributed by atoms with van der Waals surface area (Å²) in [6.45, 7) is 3.54. The Morgan fingerprint density at radius 2 is 1.88 bits per heavy atom. The van der Waals surface area contributed by atoms with Gasteiger partial charge in [-0.25, -0.2) is 9.37 Å². The van der Waals surface area contributed by atoms with Crippen LogP contribution in [0, 0.1) is 11.7 Å². The van der Waals surface area contributed by atoms with Gasteiger partial charge in [0.25, 0.3) is 5.91 Å². The smallest absolute Gasteiger partial charge is 0.274 e. The van der Waals surface area contributed by atoms with Gasteiger partial charge in [0, 0.05) is 32.9 Å². The second-order valence-corrected chi connectivity index (χ2v) is 11.6. The number of aromatic nitrogens is 2. The zero-order valence-corrected chi connectivity index (χ0v) is 24.0. The van der Waals surface area contributed by atoms with Crippen molar-refractivity contribution in [2.75, 3.05) is 33.2 Å². The first-order valence-electron chi connectivity index (χ1n) is 14.5. The molecule has 0 spiro atoms. The molecule has 2 N–H and O–H groups in total. The van der Waals surface area contributed by atoms with E-state index in [-0.39, 0.29) is 36.0 Å². The van der Waals surface area contributed by atoms with Gasteiger partial charge >= 0.3 is 0 Å². The molecule has 2 atom stereocenters. The predicted octanol–water partition coefficient (Wildman–Crippen LogP) is 2.91. The van der Waals surface area contributed by atoms with E-state index in [0.717, 1.165) is 50.5 Å². The number of amides is 3. The van der Waals surface area contributed by atoms with Crippen LogP contribution in [0.1, 0.15) is 67.9 Å². The number of carbonyl (C=O) groups is 3. The van der Waals surface area contributed by atoms with E-state index >= 15 is 0 Å². The lowest BCUT2D eigenvalue weighted by Gasteiger charge is -2.42. The van der Waals surface area contributed by atoms with Crippen LogP contribution in [0.3, 0.4) is 0 Å². The van der Waals surface area contributed by atoms with Crippen molar-refractivity contribution in [2.45, 2.75) is 69.9 Å². The molecule has 1 aliphatic carbocycles. The standard InChI is InChI=1S/C30H43FN6O3/c1-30(15-7-16-37(30)29(40)27(34-26(38)18-32-2)23-8-5-4-6-9-23)20-36(28(39)25-19-35(3)21-33-25)17-14-22-10-12-24(31)13-11-22/h10-13,19,21,23,27,32H,4-9,14-18,20H2,1-3H3,(H,34,38)/t27-,30?/m0/s1. The number of nitrogens with one attached hydrogen (secondary N) is 2. The third-order valence-corrected chi connectivity index (χ3v) is 8.38. The second kappa shape index (κ2) is 13.4. The van der Waals surface area contributed by atoms with E-state index in [1.165, 1.54) is 12.1 Å². The molecule has 1 aromatic carbocycles. The molecule has 2 aromatic rings. The van der Waals surface area contributed by atoms with Gasteiger partial charge in [-0.15, -0.1) is 0 Å². The molecular weight excluding hydrogens is 511 g/mol. The monoisotopic (exact) mass is 554 g/mol. The molecular formula is C30H43FN6O3. The van der Waals surface area contributed by atoms with Gasteiger partial charge in [0.05, 0.1) is 18.4 Å². The van der Waals surface area contributed by atoms with Crippen LogP contribution in [0.15, 0.2) is 36.8 Å². The first-order chi connectivity index (χ1) is 19.2. The molecule has 40 heavy (non-hydrogen) atoms. The van der Waals surface area contributed by atoms with Gasteiger partial charge in [0.1, 0.15) is 17.6 Å². The number of rotatable bonds is 11. The Labute approximate surface area is 236 Å². The van der Waals surface area contributed by atoms with Crippen molar-refractivity contribution in [3.63, 3.8) is 0 Å². The summed E-state index contributed by atoms with van der Waals surface area (Å²) in [5, 5.41) is 5.92. The van der Waals surface area contributed by atoms with E-state index < -0.39 is 11.6 Å². The molecule has 4 rings (SSSR count). The van der Waals surface area contributed by atoms with Crippen LogP contribution < -0.4 is 10.6 Å². The lowest BCUT2D eigenvalue weighted by Crippen LogP contribution is -2.60. The highest BCUT2D eigenvalue weighted by molar-refractivity contribution is 5.92. The molecule has 2 fully saturated rings. The molecule has 1 saturated carbocycles. The topological polar surface area (TPSA) is 99.6 Å². The van der Waals surface area contributed by atoms with Gasteiger partial charge in [0.2, 0.25) is 11.8 Å². The Morgan fingerprint density at radius 1 is 1.15 bits per heavy atom. The number of carbonyl (C=O) groups excluding carboxylic acids is 3. The third-order valence-electron chi connectivity index (χ3n) is 8.38. The molecule has 1 saturated heterocycles. The van der Waals surface area contributed by atoms with Crippen LogP contribution in [0.4, 0.5) is 4.39 Å². The van der Waals surface area contributed by atoms with Gasteiger partial charge in [-0.3, -0.25) is 14.4 Å². The predicted molar refractivity (Wildman–Crippen MR) is 151 cm³/mol. The molecule has 1 unspecified atom stereocenters. The first-order valence-corrected chi connectivity index (χ1v) is 14.5. The quantitative estimate of drug-likeness (QED) is 0.445. The molecule has 1 aliphatic heterocycles. The number of halogens is 1. The summed E-state index contributed by atoms with van der Waals surface area (Å²) < 4.78 is 15.2. The largest absolute Gasteiger partial charge is 0.343 e. The van der Waals surface area contributed by atoms with Crippen LogP contribution in [-0.2, 0) is 23.1 Å². The van der Waals surface area contributed by atoms with Gasteiger partial charge < -0.3 is 25.0 Å². The second-order valence-electron chi connectivity index (χ2n) is 11.6. The van der Waals surface area contributed by atoms with E-state index in [9.17, 15) is 18.8 Å². The lowest BCUT2D eigenvalue weighted by molar-refractivity contribution is -0.142. The normalized spacial score (nSPS) is 20.4. The van der Waals surface area contributed by atoms with Crippen molar-refractivity contribution in [3.05, 3.63) is 53.9 Å². The summed E-state index contributed by atoms with van der Waals surface area (Å²) in [6.07, 6.45) is 10.5. The number of aryl methyl sites for hydroxylation is 1. The molecule has 3 amide bonds. The maximum absolute atomic E-state index is 14.2. The zero-order valence-electron chi connectivity index (χ0n) is 24.0. The van der Waals surface area contributed by atoms with Crippen LogP contribution in [0.5, 0.6) is 0 Å². The van der Waals surface area contributed by atoms with Gasteiger partial charge in [-0.05, 0) is 69.7 Å². The van der Waals surface area contributed by atoms with Gasteiger partial charge in [-0.1, -0.05) is 31.4 Å². The summed E-state index contributed by atoms with van der Waals surface area (Å²) in [4.78, 5) is 48.4. The van der Waals surface area contributed by atoms with Crippen molar-refractivity contribution < 1.29 is 18.8 Å². The van der Waals surface area contributed by atoms with E-state index in [4.69, 9.17) is 0 Å². The molecule has 9 nitrogen and oxygen atoms in total. The van der Waals surface area contributed by atoms with Crippen LogP contribution in [0.2, 0.25) is 0 Å². The summed E-state index contributed by atoms with van der Waals surface area (Å²) >= 11 is 0. The minimum absolute atomic E-state index is 0.0554. The van der Waals surface area contributed by atoms with Crippen molar-refractivity contribution >= 4 is 17.7 Å². The van der Waals surface area contributed by atoms with Crippen LogP contribution in [-0.4, -0.2) is 81.9 Å². The highest BCUT2D eigenvalue weighted by atomic mass is 19.1. The number of hydrogen-bond donors (Lipinski definition) is 2. The van der Waals surface area contributed by atoms with E-state index in [1.807, 2.05) is 18.9 Å². The van der Waals surface area contributed by atoms with Gasteiger partial charge in [0.15, 0.2) is 0 Å². The SMILES string of the molecule is CNCC(=O)N[C@H](C(=O)N1CCCC1(C)CN(CCc1ccc(F)cc1)C(=O)c1cn(C)cn1)C1CCCCC1. The average molecular weight is 555 g/mol. The number of likely N-dealkylation sites (tertiary alicyclic amines) is 1. The van der Waals surface area contributed by atoms with Crippen LogP contribution in [0.25, 0.3) is 0 Å². The Balaban J connectivity index is 1.56. The van der Waals surface area contributed by atoms with Crippen LogP contribution >= 0.6 is 0 Å². The fraction of sp³-hybridized carbons (Fsp3) is 0.600. The fourth-order valence-electron chi connectivity index (χ4n) is 6.23. The van der Waals surface area contributed by atoms with Crippen molar-refractivity contribution in [1.29, 1.82) is 0 Å². The minimum atomic E-state index is -0.592. The minimum Gasteiger partial charge on any atom is -0.343 e. The Bertz CT molecular complexity index is 1160. The molecule has 2 aliphatic rings. The number of likely N-dealkylation sites (N-methyl/N-ethyl adjacent to an activating group) is 1. The Morgan fingerprint density at radius 3 is 2.52 bits per heavy atom. The number of benzene rings is 1. The van der Waals surface area contributed by atoms with E-state index in [2.05, 4.69) is 15.6 Å². The molecule has 0 radical (unpaired) electrons. The molecule has 2 heterocycles. The van der Waals surface area contributed by atoms with Crippen molar-refractivity contribution in [1.82, 2.24) is 30.0 Å². The summed E-state index contributed by atoms with van der Waals surface area (Å²) in [5.41, 5.74) is 0.681. The summed E-state index contributed by atoms with van der Waals surface area (Å²) in [7, 11) is 3.53. The molecule has 1 aromatic heterocycles. The number of imidazole rings is 1. The third kappa shape index (κ3) is 7.27. The summed E-state index contributed by atoms with van der Waals surface area (Å²) in [6, 6.07) is 5.74. The highest BCUT2D eigenvalue weighted by Crippen LogP contribution is 2.34. The zero-order chi connectivity index (χ0) is 28.7. The maximum Gasteiger partial charge on any atom is 0.274 e. The van der Waals surface area contributed by atoms with Crippen molar-refractivity contribution in [3.8, 4) is 0 Å². The lowest BCUT2D eigenvalue weighted by atomic mass is 9.82. The highest BCUT2D eigenvalue weighted by Gasteiger charge is 2.45. The summed E-state index contributed by atoms with van der Waals surface area (Å²) in [5.74, 6) is -0.628. The van der Waals surface area contributed by atoms with Gasteiger partial charge in [-0.2, -0.15) is 0 Å². The molecule has 10 heteroatoms. The number of hydrogen-bond acceptors (Lipinski definition) is 5. The average Bonchev–Trinajstić information content (AvgIpc) is 3.56. The molecule has 0 bridgehead atoms.